The third kappa shape index (κ3) is 2.27. The van der Waals surface area contributed by atoms with Gasteiger partial charge in [0.2, 0.25) is 5.76 Å². The van der Waals surface area contributed by atoms with Gasteiger partial charge in [-0.15, -0.1) is 0 Å². The number of rotatable bonds is 1. The Kier molecular flexibility index (Phi) is 3.33. The largest absolute Gasteiger partial charge is 0.444 e. The quantitative estimate of drug-likeness (QED) is 0.739. The average molecular weight is 330 g/mol. The monoisotopic (exact) mass is 330 g/mol. The van der Waals surface area contributed by atoms with Crippen LogP contribution in [0.4, 0.5) is 0 Å². The summed E-state index contributed by atoms with van der Waals surface area (Å²) in [5.41, 5.74) is 7.09. The van der Waals surface area contributed by atoms with E-state index in [1.165, 1.54) is 0 Å². The number of allylic oxidation sites excluding steroid dienone is 2. The Morgan fingerprint density at radius 3 is 2.72 bits per heavy atom. The highest BCUT2D eigenvalue weighted by Crippen LogP contribution is 2.41. The van der Waals surface area contributed by atoms with Crippen molar-refractivity contribution in [2.45, 2.75) is 12.8 Å². The molecule has 1 aromatic heterocycles. The molecule has 1 aliphatic rings. The number of hydrogen-bond donors (Lipinski definition) is 1. The fraction of sp³-hybridized carbons (Fsp3) is 0.100. The van der Waals surface area contributed by atoms with Gasteiger partial charge in [-0.05, 0) is 23.3 Å². The van der Waals surface area contributed by atoms with Crippen molar-refractivity contribution in [3.8, 4) is 11.8 Å². The maximum absolute atomic E-state index is 12.5. The summed E-state index contributed by atoms with van der Waals surface area (Å²) in [6, 6.07) is 17.2. The van der Waals surface area contributed by atoms with Crippen LogP contribution in [0, 0.1) is 18.3 Å². The Labute approximate surface area is 143 Å². The van der Waals surface area contributed by atoms with E-state index >= 15 is 0 Å². The molecule has 0 spiro atoms. The molecule has 1 aliphatic heterocycles. The van der Waals surface area contributed by atoms with Gasteiger partial charge in [-0.2, -0.15) is 5.26 Å². The second-order valence-electron chi connectivity index (χ2n) is 5.92. The fourth-order valence-corrected chi connectivity index (χ4v) is 3.31. The molecule has 1 atom stereocenters. The highest BCUT2D eigenvalue weighted by Gasteiger charge is 2.34. The first kappa shape index (κ1) is 15.0. The molecule has 5 heteroatoms. The van der Waals surface area contributed by atoms with Crippen LogP contribution in [0.2, 0.25) is 0 Å². The predicted molar refractivity (Wildman–Crippen MR) is 93.0 cm³/mol. The molecule has 25 heavy (non-hydrogen) atoms. The number of hydrogen-bond acceptors (Lipinski definition) is 5. The Balaban J connectivity index is 2.08. The normalized spacial score (nSPS) is 16.2. The molecule has 0 aliphatic carbocycles. The topological polar surface area (TPSA) is 89.3 Å². The van der Waals surface area contributed by atoms with Gasteiger partial charge in [0.1, 0.15) is 17.6 Å². The van der Waals surface area contributed by atoms with Crippen LogP contribution in [-0.4, -0.2) is 0 Å². The lowest BCUT2D eigenvalue weighted by atomic mass is 9.84. The minimum atomic E-state index is -0.596. The van der Waals surface area contributed by atoms with E-state index < -0.39 is 11.5 Å². The number of ether oxygens (including phenoxy) is 1. The second-order valence-corrected chi connectivity index (χ2v) is 5.92. The van der Waals surface area contributed by atoms with E-state index in [1.54, 1.807) is 13.0 Å². The lowest BCUT2D eigenvalue weighted by Crippen LogP contribution is -2.27. The first-order chi connectivity index (χ1) is 12.1. The highest BCUT2D eigenvalue weighted by molar-refractivity contribution is 5.87. The van der Waals surface area contributed by atoms with Crippen LogP contribution in [-0.2, 0) is 0 Å². The van der Waals surface area contributed by atoms with Gasteiger partial charge in [0, 0.05) is 6.07 Å². The minimum Gasteiger partial charge on any atom is -0.444 e. The summed E-state index contributed by atoms with van der Waals surface area (Å²) in [4.78, 5) is 12.5. The van der Waals surface area contributed by atoms with Crippen molar-refractivity contribution in [2.75, 3.05) is 0 Å². The number of nitriles is 1. The molecule has 0 radical (unpaired) electrons. The summed E-state index contributed by atoms with van der Waals surface area (Å²) >= 11 is 0. The lowest BCUT2D eigenvalue weighted by molar-refractivity contribution is 0.387. The van der Waals surface area contributed by atoms with Crippen LogP contribution in [0.5, 0.6) is 5.75 Å². The standard InChI is InChI=1S/C20H14N2O3/c1-11-9-15-18(20(23)24-11)17(19(22)16(10-21)25-15)14-8-4-6-12-5-2-3-7-13(12)14/h2-9,17H,22H2,1H3. The zero-order chi connectivity index (χ0) is 17.6. The molecule has 0 amide bonds. The molecule has 2 N–H and O–H groups in total. The number of fused-ring (bicyclic) bond motifs is 2. The fourth-order valence-electron chi connectivity index (χ4n) is 3.31. The molecule has 3 aromatic rings. The van der Waals surface area contributed by atoms with Crippen LogP contribution < -0.4 is 16.1 Å². The Hall–Kier alpha value is -3.52. The Morgan fingerprint density at radius 1 is 1.16 bits per heavy atom. The lowest BCUT2D eigenvalue weighted by Gasteiger charge is -2.26. The summed E-state index contributed by atoms with van der Waals surface area (Å²) in [5, 5.41) is 11.4. The number of aryl methyl sites for hydroxylation is 1. The molecule has 0 bridgehead atoms. The van der Waals surface area contributed by atoms with Crippen molar-refractivity contribution in [3.05, 3.63) is 87.3 Å². The van der Waals surface area contributed by atoms with Gasteiger partial charge < -0.3 is 14.9 Å². The molecular formula is C20H14N2O3. The minimum absolute atomic E-state index is 0.00966. The van der Waals surface area contributed by atoms with E-state index in [-0.39, 0.29) is 11.5 Å². The van der Waals surface area contributed by atoms with Crippen LogP contribution in [0.1, 0.15) is 22.8 Å². The SMILES string of the molecule is Cc1cc2c(c(=O)o1)C(c1cccc3ccccc13)C(N)=C(C#N)O2. The molecule has 0 saturated heterocycles. The molecule has 5 nitrogen and oxygen atoms in total. The van der Waals surface area contributed by atoms with Gasteiger partial charge in [-0.3, -0.25) is 0 Å². The summed E-state index contributed by atoms with van der Waals surface area (Å²) in [6.45, 7) is 1.66. The van der Waals surface area contributed by atoms with Gasteiger partial charge in [0.15, 0.2) is 0 Å². The molecule has 122 valence electrons. The van der Waals surface area contributed by atoms with Crippen molar-refractivity contribution in [1.82, 2.24) is 0 Å². The van der Waals surface area contributed by atoms with E-state index in [1.807, 2.05) is 48.5 Å². The van der Waals surface area contributed by atoms with Gasteiger partial charge in [-0.1, -0.05) is 42.5 Å². The van der Waals surface area contributed by atoms with Gasteiger partial charge >= 0.3 is 5.63 Å². The van der Waals surface area contributed by atoms with E-state index in [2.05, 4.69) is 0 Å². The van der Waals surface area contributed by atoms with Crippen molar-refractivity contribution in [1.29, 1.82) is 5.26 Å². The van der Waals surface area contributed by atoms with Gasteiger partial charge in [0.05, 0.1) is 17.2 Å². The van der Waals surface area contributed by atoms with Crippen LogP contribution in [0.25, 0.3) is 10.8 Å². The second kappa shape index (κ2) is 5.53. The molecule has 2 aromatic carbocycles. The van der Waals surface area contributed by atoms with Crippen LogP contribution >= 0.6 is 0 Å². The molecule has 0 fully saturated rings. The third-order valence-corrected chi connectivity index (χ3v) is 4.38. The molecule has 1 unspecified atom stereocenters. The number of nitrogens with zero attached hydrogens (tertiary/aromatic N) is 1. The summed E-state index contributed by atoms with van der Waals surface area (Å²) in [7, 11) is 0. The third-order valence-electron chi connectivity index (χ3n) is 4.38. The van der Waals surface area contributed by atoms with Gasteiger partial charge in [0.25, 0.3) is 0 Å². The molecule has 0 saturated carbocycles. The number of benzene rings is 2. The zero-order valence-corrected chi connectivity index (χ0v) is 13.4. The van der Waals surface area contributed by atoms with Crippen molar-refractivity contribution >= 4 is 10.8 Å². The first-order valence-electron chi connectivity index (χ1n) is 7.80. The van der Waals surface area contributed by atoms with Crippen LogP contribution in [0.3, 0.4) is 0 Å². The molecular weight excluding hydrogens is 316 g/mol. The summed E-state index contributed by atoms with van der Waals surface area (Å²) in [5.74, 6) is 0.146. The maximum Gasteiger partial charge on any atom is 0.343 e. The highest BCUT2D eigenvalue weighted by atomic mass is 16.5. The predicted octanol–water partition coefficient (Wildman–Crippen LogP) is 3.32. The van der Waals surface area contributed by atoms with E-state index in [0.717, 1.165) is 16.3 Å². The first-order valence-corrected chi connectivity index (χ1v) is 7.80. The van der Waals surface area contributed by atoms with Crippen LogP contribution in [0.15, 0.2) is 69.2 Å². The Bertz CT molecular complexity index is 1130. The average Bonchev–Trinajstić information content (AvgIpc) is 2.61. The smallest absolute Gasteiger partial charge is 0.343 e. The number of nitrogens with two attached hydrogens (primary N) is 1. The van der Waals surface area contributed by atoms with Crippen molar-refractivity contribution in [3.63, 3.8) is 0 Å². The van der Waals surface area contributed by atoms with Crippen molar-refractivity contribution < 1.29 is 9.15 Å². The van der Waals surface area contributed by atoms with Gasteiger partial charge in [-0.25, -0.2) is 4.79 Å². The van der Waals surface area contributed by atoms with E-state index in [4.69, 9.17) is 14.9 Å². The Morgan fingerprint density at radius 2 is 1.92 bits per heavy atom. The molecule has 2 heterocycles. The summed E-state index contributed by atoms with van der Waals surface area (Å²) < 4.78 is 10.8. The van der Waals surface area contributed by atoms with E-state index in [0.29, 0.717) is 17.1 Å². The maximum atomic E-state index is 12.5. The summed E-state index contributed by atoms with van der Waals surface area (Å²) in [6.07, 6.45) is 0. The van der Waals surface area contributed by atoms with E-state index in [9.17, 15) is 10.1 Å². The zero-order valence-electron chi connectivity index (χ0n) is 13.4. The molecule has 4 rings (SSSR count). The van der Waals surface area contributed by atoms with Crippen molar-refractivity contribution in [2.24, 2.45) is 5.73 Å².